The number of aromatic carboxylic acids is 1. The number of rotatable bonds is 4. The lowest BCUT2D eigenvalue weighted by atomic mass is 10.5. The molecule has 82 valence electrons. The molecule has 0 aliphatic heterocycles. The Kier molecular flexibility index (Phi) is 3.43. The summed E-state index contributed by atoms with van der Waals surface area (Å²) in [6.45, 7) is 2.55. The number of hydrogen-bond acceptors (Lipinski definition) is 3. The highest BCUT2D eigenvalue weighted by molar-refractivity contribution is 5.84. The quantitative estimate of drug-likeness (QED) is 0.764. The van der Waals surface area contributed by atoms with Crippen molar-refractivity contribution >= 4 is 11.9 Å². The second kappa shape index (κ2) is 4.59. The molecule has 6 heteroatoms. The number of amides is 1. The first-order valence-corrected chi connectivity index (χ1v) is 4.47. The number of carbonyl (C=O) groups excluding carboxylic acids is 1. The van der Waals surface area contributed by atoms with Crippen LogP contribution in [0.5, 0.6) is 0 Å². The molecule has 0 unspecified atom stereocenters. The fourth-order valence-corrected chi connectivity index (χ4v) is 1.02. The van der Waals surface area contributed by atoms with Crippen LogP contribution in [0.25, 0.3) is 0 Å². The minimum absolute atomic E-state index is 0.0143. The van der Waals surface area contributed by atoms with E-state index in [1.165, 1.54) is 19.4 Å². The zero-order chi connectivity index (χ0) is 11.4. The molecule has 0 fully saturated rings. The number of likely N-dealkylation sites (N-methyl/N-ethyl adjacent to an activating group) is 1. The number of aromatic nitrogens is 2. The molecule has 0 saturated carbocycles. The Labute approximate surface area is 87.1 Å². The Morgan fingerprint density at radius 3 is 2.73 bits per heavy atom. The third-order valence-corrected chi connectivity index (χ3v) is 2.08. The van der Waals surface area contributed by atoms with Gasteiger partial charge in [0.2, 0.25) is 5.91 Å². The topological polar surface area (TPSA) is 75.4 Å². The predicted molar refractivity (Wildman–Crippen MR) is 52.5 cm³/mol. The van der Waals surface area contributed by atoms with E-state index in [-0.39, 0.29) is 11.6 Å². The maximum atomic E-state index is 10.9. The van der Waals surface area contributed by atoms with Crippen LogP contribution < -0.4 is 0 Å². The van der Waals surface area contributed by atoms with Gasteiger partial charge in [0.25, 0.3) is 0 Å². The first-order valence-electron chi connectivity index (χ1n) is 4.47. The smallest absolute Gasteiger partial charge is 0.356 e. The molecule has 0 aliphatic rings. The van der Waals surface area contributed by atoms with Gasteiger partial charge in [0.05, 0.1) is 6.33 Å². The average molecular weight is 211 g/mol. The van der Waals surface area contributed by atoms with Gasteiger partial charge in [-0.15, -0.1) is 0 Å². The molecule has 0 aliphatic carbocycles. The molecule has 1 aromatic rings. The Bertz CT molecular complexity index is 372. The van der Waals surface area contributed by atoms with E-state index in [1.54, 1.807) is 16.5 Å². The van der Waals surface area contributed by atoms with Gasteiger partial charge in [0.1, 0.15) is 0 Å². The minimum atomic E-state index is -1.05. The molecular weight excluding hydrogens is 198 g/mol. The van der Waals surface area contributed by atoms with Crippen molar-refractivity contribution in [2.75, 3.05) is 13.6 Å². The van der Waals surface area contributed by atoms with Gasteiger partial charge in [-0.1, -0.05) is 0 Å². The molecule has 15 heavy (non-hydrogen) atoms. The molecule has 0 atom stereocenters. The Hall–Kier alpha value is -1.85. The molecule has 0 bridgehead atoms. The standard InChI is InChI=1S/C9H13N3O3/c1-7(13)11(2)3-4-12-5-8(9(14)15)10-6-12/h5-6H,3-4H2,1-2H3,(H,14,15). The molecule has 0 spiro atoms. The highest BCUT2D eigenvalue weighted by Gasteiger charge is 2.07. The van der Waals surface area contributed by atoms with Crippen LogP contribution in [0.2, 0.25) is 0 Å². The lowest BCUT2D eigenvalue weighted by Gasteiger charge is -2.14. The summed E-state index contributed by atoms with van der Waals surface area (Å²) < 4.78 is 1.64. The average Bonchev–Trinajstić information content (AvgIpc) is 2.62. The van der Waals surface area contributed by atoms with Gasteiger partial charge in [-0.05, 0) is 0 Å². The van der Waals surface area contributed by atoms with Crippen LogP contribution >= 0.6 is 0 Å². The van der Waals surface area contributed by atoms with E-state index in [9.17, 15) is 9.59 Å². The summed E-state index contributed by atoms with van der Waals surface area (Å²) in [7, 11) is 1.69. The molecule has 1 amide bonds. The summed E-state index contributed by atoms with van der Waals surface area (Å²) in [5.74, 6) is -1.07. The summed E-state index contributed by atoms with van der Waals surface area (Å²) in [4.78, 5) is 26.7. The van der Waals surface area contributed by atoms with Crippen LogP contribution in [0.1, 0.15) is 17.4 Å². The highest BCUT2D eigenvalue weighted by Crippen LogP contribution is 1.96. The first-order chi connectivity index (χ1) is 7.00. The Morgan fingerprint density at radius 2 is 2.27 bits per heavy atom. The molecule has 0 radical (unpaired) electrons. The second-order valence-electron chi connectivity index (χ2n) is 3.24. The van der Waals surface area contributed by atoms with Gasteiger partial charge in [0.15, 0.2) is 5.69 Å². The monoisotopic (exact) mass is 211 g/mol. The van der Waals surface area contributed by atoms with E-state index in [1.807, 2.05) is 0 Å². The van der Waals surface area contributed by atoms with Gasteiger partial charge in [0, 0.05) is 33.3 Å². The predicted octanol–water partition coefficient (Wildman–Crippen LogP) is 0.0596. The van der Waals surface area contributed by atoms with Gasteiger partial charge in [-0.2, -0.15) is 0 Å². The van der Waals surface area contributed by atoms with Crippen LogP contribution in [0, 0.1) is 0 Å². The van der Waals surface area contributed by atoms with Crippen molar-refractivity contribution in [1.29, 1.82) is 0 Å². The summed E-state index contributed by atoms with van der Waals surface area (Å²) in [6, 6.07) is 0. The van der Waals surface area contributed by atoms with Gasteiger partial charge < -0.3 is 14.6 Å². The fraction of sp³-hybridized carbons (Fsp3) is 0.444. The third kappa shape index (κ3) is 3.08. The lowest BCUT2D eigenvalue weighted by molar-refractivity contribution is -0.127. The number of hydrogen-bond donors (Lipinski definition) is 1. The summed E-state index contributed by atoms with van der Waals surface area (Å²) in [5.41, 5.74) is 0.0143. The van der Waals surface area contributed by atoms with E-state index in [0.29, 0.717) is 13.1 Å². The lowest BCUT2D eigenvalue weighted by Crippen LogP contribution is -2.27. The van der Waals surface area contributed by atoms with Crippen molar-refractivity contribution in [1.82, 2.24) is 14.5 Å². The number of carbonyl (C=O) groups is 2. The Balaban J connectivity index is 2.51. The molecule has 1 rings (SSSR count). The maximum absolute atomic E-state index is 10.9. The molecular formula is C9H13N3O3. The van der Waals surface area contributed by atoms with Gasteiger partial charge >= 0.3 is 5.97 Å². The largest absolute Gasteiger partial charge is 0.476 e. The van der Waals surface area contributed by atoms with Crippen molar-refractivity contribution in [3.8, 4) is 0 Å². The van der Waals surface area contributed by atoms with Crippen molar-refractivity contribution in [2.45, 2.75) is 13.5 Å². The van der Waals surface area contributed by atoms with E-state index in [4.69, 9.17) is 5.11 Å². The van der Waals surface area contributed by atoms with E-state index < -0.39 is 5.97 Å². The van der Waals surface area contributed by atoms with Gasteiger partial charge in [-0.3, -0.25) is 4.79 Å². The van der Waals surface area contributed by atoms with E-state index in [2.05, 4.69) is 4.98 Å². The second-order valence-corrected chi connectivity index (χ2v) is 3.24. The third-order valence-electron chi connectivity index (χ3n) is 2.08. The Morgan fingerprint density at radius 1 is 1.60 bits per heavy atom. The molecule has 6 nitrogen and oxygen atoms in total. The SMILES string of the molecule is CC(=O)N(C)CCn1cnc(C(=O)O)c1. The fourth-order valence-electron chi connectivity index (χ4n) is 1.02. The van der Waals surface area contributed by atoms with Crippen LogP contribution in [0.3, 0.4) is 0 Å². The zero-order valence-corrected chi connectivity index (χ0v) is 8.67. The minimum Gasteiger partial charge on any atom is -0.476 e. The number of carboxylic acids is 1. The molecule has 0 aromatic carbocycles. The first kappa shape index (κ1) is 11.2. The summed E-state index contributed by atoms with van der Waals surface area (Å²) in [5, 5.41) is 8.62. The number of carboxylic acid groups (broad SMARTS) is 1. The van der Waals surface area contributed by atoms with Crippen molar-refractivity contribution in [3.05, 3.63) is 18.2 Å². The van der Waals surface area contributed by atoms with Crippen LogP contribution in [0.15, 0.2) is 12.5 Å². The maximum Gasteiger partial charge on any atom is 0.356 e. The molecule has 1 N–H and O–H groups in total. The van der Waals surface area contributed by atoms with Crippen LogP contribution in [-0.2, 0) is 11.3 Å². The summed E-state index contributed by atoms with van der Waals surface area (Å²) in [6.07, 6.45) is 2.88. The summed E-state index contributed by atoms with van der Waals surface area (Å²) >= 11 is 0. The zero-order valence-electron chi connectivity index (χ0n) is 8.67. The van der Waals surface area contributed by atoms with E-state index >= 15 is 0 Å². The van der Waals surface area contributed by atoms with Gasteiger partial charge in [-0.25, -0.2) is 9.78 Å². The number of nitrogens with zero attached hydrogens (tertiary/aromatic N) is 3. The molecule has 0 saturated heterocycles. The van der Waals surface area contributed by atoms with E-state index in [0.717, 1.165) is 0 Å². The van der Waals surface area contributed by atoms with Crippen molar-refractivity contribution in [2.24, 2.45) is 0 Å². The van der Waals surface area contributed by atoms with Crippen LogP contribution in [0.4, 0.5) is 0 Å². The molecule has 1 aromatic heterocycles. The van der Waals surface area contributed by atoms with Crippen molar-refractivity contribution in [3.63, 3.8) is 0 Å². The number of imidazole rings is 1. The molecule has 1 heterocycles. The highest BCUT2D eigenvalue weighted by atomic mass is 16.4. The normalized spacial score (nSPS) is 10.0. The van der Waals surface area contributed by atoms with Crippen LogP contribution in [-0.4, -0.2) is 45.0 Å². The van der Waals surface area contributed by atoms with Crippen molar-refractivity contribution < 1.29 is 14.7 Å².